The molecule has 1 heterocycles. The fourth-order valence-corrected chi connectivity index (χ4v) is 4.61. The Morgan fingerprint density at radius 1 is 1.04 bits per heavy atom. The highest BCUT2D eigenvalue weighted by atomic mass is 32.1. The van der Waals surface area contributed by atoms with Crippen molar-refractivity contribution in [3.63, 3.8) is 0 Å². The van der Waals surface area contributed by atoms with E-state index in [9.17, 15) is 9.90 Å². The molecule has 0 bridgehead atoms. The molecule has 0 atom stereocenters. The number of aliphatic hydroxyl groups is 1. The Labute approximate surface area is 152 Å². The van der Waals surface area contributed by atoms with Crippen molar-refractivity contribution >= 4 is 31.5 Å². The molecule has 0 aliphatic rings. The first kappa shape index (κ1) is 18.1. The highest BCUT2D eigenvalue weighted by Gasteiger charge is 2.13. The van der Waals surface area contributed by atoms with Crippen LogP contribution >= 0.6 is 11.3 Å². The summed E-state index contributed by atoms with van der Waals surface area (Å²) in [6.45, 7) is 7.48. The molecule has 3 aromatic rings. The van der Waals surface area contributed by atoms with Gasteiger partial charge in [-0.05, 0) is 55.7 Å². The highest BCUT2D eigenvalue weighted by molar-refractivity contribution is 7.24. The van der Waals surface area contributed by atoms with Gasteiger partial charge in [0, 0.05) is 20.2 Å². The first-order valence-corrected chi connectivity index (χ1v) is 9.80. The Hall–Kier alpha value is -1.75. The maximum absolute atomic E-state index is 13.1. The topological polar surface area (TPSA) is 40.5 Å². The molecule has 0 unspecified atom stereocenters. The Kier molecular flexibility index (Phi) is 5.84. The first-order valence-electron chi connectivity index (χ1n) is 8.99. The van der Waals surface area contributed by atoms with Crippen LogP contribution in [0.2, 0.25) is 0 Å². The fraction of sp³-hybridized carbons (Fsp3) is 0.381. The van der Waals surface area contributed by atoms with Gasteiger partial charge in [0.05, 0.1) is 6.61 Å². The van der Waals surface area contributed by atoms with Crippen molar-refractivity contribution in [1.82, 2.24) is 4.90 Å². The molecule has 4 heteroatoms. The van der Waals surface area contributed by atoms with Crippen LogP contribution in [-0.4, -0.2) is 29.6 Å². The number of fused-ring (bicyclic) bond motifs is 2. The molecule has 0 radical (unpaired) electrons. The van der Waals surface area contributed by atoms with Gasteiger partial charge < -0.3 is 10.0 Å². The summed E-state index contributed by atoms with van der Waals surface area (Å²) in [7, 11) is 0. The van der Waals surface area contributed by atoms with E-state index in [4.69, 9.17) is 0 Å². The number of aryl methyl sites for hydroxylation is 1. The number of benzene rings is 2. The molecule has 0 amide bonds. The second-order valence-corrected chi connectivity index (χ2v) is 7.36. The summed E-state index contributed by atoms with van der Waals surface area (Å²) in [5.74, 6) is 0. The average Bonchev–Trinajstić information content (AvgIpc) is 2.65. The predicted octanol–water partition coefficient (Wildman–Crippen LogP) is 4.18. The van der Waals surface area contributed by atoms with E-state index in [0.717, 1.165) is 63.8 Å². The van der Waals surface area contributed by atoms with E-state index in [-0.39, 0.29) is 12.0 Å². The molecule has 3 nitrogen and oxygen atoms in total. The van der Waals surface area contributed by atoms with E-state index in [2.05, 4.69) is 18.7 Å². The lowest BCUT2D eigenvalue weighted by Crippen LogP contribution is -2.24. The van der Waals surface area contributed by atoms with Gasteiger partial charge in [0.15, 0.2) is 5.43 Å². The molecule has 1 N–H and O–H groups in total. The second-order valence-electron chi connectivity index (χ2n) is 6.30. The van der Waals surface area contributed by atoms with E-state index < -0.39 is 0 Å². The minimum Gasteiger partial charge on any atom is -0.392 e. The summed E-state index contributed by atoms with van der Waals surface area (Å²) in [6.07, 6.45) is 1.92. The van der Waals surface area contributed by atoms with Crippen molar-refractivity contribution in [1.29, 1.82) is 0 Å². The normalized spacial score (nSPS) is 11.7. The average molecular weight is 356 g/mol. The Bertz CT molecular complexity index is 928. The summed E-state index contributed by atoms with van der Waals surface area (Å²) in [5.41, 5.74) is 2.04. The van der Waals surface area contributed by atoms with Crippen LogP contribution in [0, 0.1) is 0 Å². The van der Waals surface area contributed by atoms with Crippen molar-refractivity contribution in [3.05, 3.63) is 57.7 Å². The van der Waals surface area contributed by atoms with Crippen LogP contribution in [0.5, 0.6) is 0 Å². The van der Waals surface area contributed by atoms with Crippen molar-refractivity contribution in [2.45, 2.75) is 33.3 Å². The molecule has 0 fully saturated rings. The first-order chi connectivity index (χ1) is 12.2. The smallest absolute Gasteiger partial charge is 0.196 e. The zero-order chi connectivity index (χ0) is 17.8. The van der Waals surface area contributed by atoms with Crippen molar-refractivity contribution in [2.24, 2.45) is 0 Å². The lowest BCUT2D eigenvalue weighted by atomic mass is 10.0. The SMILES string of the molecule is CCN(CC)CCCc1ccc(CO)c2sc3ccccc3c(=O)c12. The van der Waals surface area contributed by atoms with Crippen LogP contribution < -0.4 is 5.43 Å². The Morgan fingerprint density at radius 2 is 1.76 bits per heavy atom. The minimum atomic E-state index is -0.0372. The van der Waals surface area contributed by atoms with Crippen LogP contribution in [0.3, 0.4) is 0 Å². The zero-order valence-electron chi connectivity index (χ0n) is 14.9. The Balaban J connectivity index is 2.07. The minimum absolute atomic E-state index is 0.0372. The maximum atomic E-state index is 13.1. The van der Waals surface area contributed by atoms with E-state index >= 15 is 0 Å². The van der Waals surface area contributed by atoms with Gasteiger partial charge in [-0.15, -0.1) is 11.3 Å². The van der Waals surface area contributed by atoms with Crippen LogP contribution in [-0.2, 0) is 13.0 Å². The lowest BCUT2D eigenvalue weighted by Gasteiger charge is -2.18. The van der Waals surface area contributed by atoms with Crippen LogP contribution in [0.15, 0.2) is 41.2 Å². The number of aliphatic hydroxyl groups excluding tert-OH is 1. The quantitative estimate of drug-likeness (QED) is 0.646. The van der Waals surface area contributed by atoms with E-state index in [1.165, 1.54) is 0 Å². The molecule has 0 saturated heterocycles. The van der Waals surface area contributed by atoms with Gasteiger partial charge >= 0.3 is 0 Å². The van der Waals surface area contributed by atoms with Gasteiger partial charge in [-0.2, -0.15) is 0 Å². The lowest BCUT2D eigenvalue weighted by molar-refractivity contribution is 0.283. The van der Waals surface area contributed by atoms with Gasteiger partial charge in [-0.3, -0.25) is 4.79 Å². The summed E-state index contributed by atoms with van der Waals surface area (Å²) in [6, 6.07) is 11.8. The van der Waals surface area contributed by atoms with Crippen molar-refractivity contribution in [3.8, 4) is 0 Å². The monoisotopic (exact) mass is 355 g/mol. The number of hydrogen-bond donors (Lipinski definition) is 1. The van der Waals surface area contributed by atoms with Crippen LogP contribution in [0.1, 0.15) is 31.4 Å². The molecule has 0 spiro atoms. The van der Waals surface area contributed by atoms with Crippen LogP contribution in [0.4, 0.5) is 0 Å². The highest BCUT2D eigenvalue weighted by Crippen LogP contribution is 2.30. The number of nitrogens with zero attached hydrogens (tertiary/aromatic N) is 1. The zero-order valence-corrected chi connectivity index (χ0v) is 15.7. The molecule has 3 rings (SSSR count). The molecule has 2 aromatic carbocycles. The van der Waals surface area contributed by atoms with E-state index in [0.29, 0.717) is 0 Å². The fourth-order valence-electron chi connectivity index (χ4n) is 3.39. The van der Waals surface area contributed by atoms with E-state index in [1.807, 2.05) is 36.4 Å². The number of rotatable bonds is 7. The maximum Gasteiger partial charge on any atom is 0.196 e. The third-order valence-corrected chi connectivity index (χ3v) is 6.13. The van der Waals surface area contributed by atoms with Crippen molar-refractivity contribution in [2.75, 3.05) is 19.6 Å². The molecule has 25 heavy (non-hydrogen) atoms. The molecular weight excluding hydrogens is 330 g/mol. The predicted molar refractivity (Wildman–Crippen MR) is 108 cm³/mol. The largest absolute Gasteiger partial charge is 0.392 e. The summed E-state index contributed by atoms with van der Waals surface area (Å²) in [4.78, 5) is 15.5. The molecule has 132 valence electrons. The van der Waals surface area contributed by atoms with Crippen molar-refractivity contribution < 1.29 is 5.11 Å². The third kappa shape index (κ3) is 3.61. The van der Waals surface area contributed by atoms with Gasteiger partial charge in [0.1, 0.15) is 0 Å². The van der Waals surface area contributed by atoms with Gasteiger partial charge in [-0.25, -0.2) is 0 Å². The van der Waals surface area contributed by atoms with Gasteiger partial charge in [0.25, 0.3) is 0 Å². The van der Waals surface area contributed by atoms with Crippen LogP contribution in [0.25, 0.3) is 20.2 Å². The van der Waals surface area contributed by atoms with E-state index in [1.54, 1.807) is 11.3 Å². The van der Waals surface area contributed by atoms with Gasteiger partial charge in [0.2, 0.25) is 0 Å². The summed E-state index contributed by atoms with van der Waals surface area (Å²) < 4.78 is 1.92. The molecule has 1 aromatic heterocycles. The Morgan fingerprint density at radius 3 is 2.48 bits per heavy atom. The molecule has 0 saturated carbocycles. The summed E-state index contributed by atoms with van der Waals surface area (Å²) in [5, 5.41) is 11.3. The van der Waals surface area contributed by atoms with Gasteiger partial charge in [-0.1, -0.05) is 38.1 Å². The molecule has 0 aliphatic carbocycles. The second kappa shape index (κ2) is 8.09. The number of hydrogen-bond acceptors (Lipinski definition) is 4. The standard InChI is InChI=1S/C21H25NO2S/c1-3-22(4-2)13-7-8-15-11-12-16(14-23)21-19(15)20(24)17-9-5-6-10-18(17)25-21/h5-6,9-12,23H,3-4,7-8,13-14H2,1-2H3. The molecule has 0 aliphatic heterocycles. The third-order valence-electron chi connectivity index (χ3n) is 4.88. The molecular formula is C21H25NO2S. The summed E-state index contributed by atoms with van der Waals surface area (Å²) >= 11 is 1.61.